The molecule has 0 spiro atoms. The first-order chi connectivity index (χ1) is 14.1. The number of aldehydes is 1. The molecule has 0 fully saturated rings. The molecule has 0 atom stereocenters. The highest BCUT2D eigenvalue weighted by atomic mass is 16.5. The van der Waals surface area contributed by atoms with Crippen LogP contribution in [0.4, 0.5) is 0 Å². The first kappa shape index (κ1) is 22.2. The van der Waals surface area contributed by atoms with Gasteiger partial charge in [0.15, 0.2) is 5.78 Å². The molecule has 2 aromatic rings. The second-order valence-electron chi connectivity index (χ2n) is 6.76. The summed E-state index contributed by atoms with van der Waals surface area (Å²) >= 11 is 0. The standard InChI is InChI=1S/C24H26O5/c1-29-24(28)22-14-10-19(11-15-22)6-7-20(16-25)5-3-2-4-18-8-12-21(13-9-18)23(27)17-26/h5,8-16,26H,2-4,6-7,17H2,1H3/b20-5-. The fraction of sp³-hybridized carbons (Fsp3) is 0.292. The van der Waals surface area contributed by atoms with E-state index < -0.39 is 6.61 Å². The lowest BCUT2D eigenvalue weighted by atomic mass is 10.0. The molecule has 0 aromatic heterocycles. The normalized spacial score (nSPS) is 11.2. The van der Waals surface area contributed by atoms with Gasteiger partial charge < -0.3 is 9.84 Å². The number of unbranched alkanes of at least 4 members (excludes halogenated alkanes) is 1. The molecule has 0 unspecified atom stereocenters. The first-order valence-electron chi connectivity index (χ1n) is 9.62. The van der Waals surface area contributed by atoms with Crippen molar-refractivity contribution in [1.82, 2.24) is 0 Å². The Balaban J connectivity index is 1.79. The smallest absolute Gasteiger partial charge is 0.337 e. The van der Waals surface area contributed by atoms with E-state index in [0.717, 1.165) is 48.7 Å². The Bertz CT molecular complexity index is 848. The van der Waals surface area contributed by atoms with Gasteiger partial charge in [-0.05, 0) is 60.9 Å². The van der Waals surface area contributed by atoms with Gasteiger partial charge in [-0.2, -0.15) is 0 Å². The molecule has 5 nitrogen and oxygen atoms in total. The number of esters is 1. The third-order valence-electron chi connectivity index (χ3n) is 4.72. The minimum absolute atomic E-state index is 0.282. The second kappa shape index (κ2) is 11.7. The lowest BCUT2D eigenvalue weighted by Crippen LogP contribution is -2.03. The summed E-state index contributed by atoms with van der Waals surface area (Å²) in [5.74, 6) is -0.644. The average molecular weight is 394 g/mol. The van der Waals surface area contributed by atoms with E-state index in [1.54, 1.807) is 24.3 Å². The topological polar surface area (TPSA) is 80.7 Å². The number of Topliss-reactive ketones (excluding diaryl/α,β-unsaturated/α-hetero) is 1. The summed E-state index contributed by atoms with van der Waals surface area (Å²) in [7, 11) is 1.35. The van der Waals surface area contributed by atoms with E-state index >= 15 is 0 Å². The fourth-order valence-electron chi connectivity index (χ4n) is 2.97. The molecular weight excluding hydrogens is 368 g/mol. The van der Waals surface area contributed by atoms with Crippen molar-refractivity contribution in [1.29, 1.82) is 0 Å². The zero-order valence-electron chi connectivity index (χ0n) is 16.6. The number of benzene rings is 2. The first-order valence-corrected chi connectivity index (χ1v) is 9.62. The number of carbonyl (C=O) groups is 3. The van der Waals surface area contributed by atoms with Crippen LogP contribution in [0.15, 0.2) is 60.2 Å². The van der Waals surface area contributed by atoms with Crippen molar-refractivity contribution in [2.75, 3.05) is 13.7 Å². The Morgan fingerprint density at radius 2 is 1.52 bits per heavy atom. The molecule has 0 saturated carbocycles. The molecule has 152 valence electrons. The van der Waals surface area contributed by atoms with Crippen LogP contribution in [0.5, 0.6) is 0 Å². The molecule has 0 aliphatic rings. The van der Waals surface area contributed by atoms with E-state index in [1.807, 2.05) is 30.3 Å². The number of rotatable bonds is 11. The fourth-order valence-corrected chi connectivity index (χ4v) is 2.97. The van der Waals surface area contributed by atoms with Crippen molar-refractivity contribution < 1.29 is 24.2 Å². The molecule has 29 heavy (non-hydrogen) atoms. The lowest BCUT2D eigenvalue weighted by molar-refractivity contribution is -0.105. The number of allylic oxidation sites excluding steroid dienone is 2. The van der Waals surface area contributed by atoms with Gasteiger partial charge in [-0.25, -0.2) is 4.79 Å². The van der Waals surface area contributed by atoms with E-state index in [0.29, 0.717) is 17.5 Å². The molecule has 0 aliphatic carbocycles. The van der Waals surface area contributed by atoms with Gasteiger partial charge in [-0.1, -0.05) is 42.5 Å². The van der Waals surface area contributed by atoms with Gasteiger partial charge in [0.25, 0.3) is 0 Å². The molecular formula is C24H26O5. The van der Waals surface area contributed by atoms with Crippen LogP contribution in [0.3, 0.4) is 0 Å². The van der Waals surface area contributed by atoms with Crippen LogP contribution >= 0.6 is 0 Å². The van der Waals surface area contributed by atoms with Crippen molar-refractivity contribution in [3.63, 3.8) is 0 Å². The summed E-state index contributed by atoms with van der Waals surface area (Å²) in [5.41, 5.74) is 3.97. The van der Waals surface area contributed by atoms with Crippen LogP contribution < -0.4 is 0 Å². The number of ether oxygens (including phenoxy) is 1. The maximum atomic E-state index is 11.4. The SMILES string of the molecule is COC(=O)c1ccc(CC/C(C=O)=C/CCCc2ccc(C(=O)CO)cc2)cc1. The molecule has 0 saturated heterocycles. The lowest BCUT2D eigenvalue weighted by Gasteiger charge is -2.04. The average Bonchev–Trinajstić information content (AvgIpc) is 2.78. The molecule has 0 bridgehead atoms. The molecule has 0 heterocycles. The maximum absolute atomic E-state index is 11.4. The van der Waals surface area contributed by atoms with Crippen LogP contribution in [0, 0.1) is 0 Å². The summed E-state index contributed by atoms with van der Waals surface area (Å²) in [6, 6.07) is 14.4. The highest BCUT2D eigenvalue weighted by Crippen LogP contribution is 2.13. The minimum Gasteiger partial charge on any atom is -0.465 e. The van der Waals surface area contributed by atoms with Gasteiger partial charge in [0.2, 0.25) is 0 Å². The van der Waals surface area contributed by atoms with E-state index in [1.165, 1.54) is 7.11 Å². The Morgan fingerprint density at radius 1 is 0.931 bits per heavy atom. The van der Waals surface area contributed by atoms with Crippen molar-refractivity contribution in [2.45, 2.75) is 32.1 Å². The summed E-state index contributed by atoms with van der Waals surface area (Å²) in [6.45, 7) is -0.478. The van der Waals surface area contributed by atoms with Crippen molar-refractivity contribution in [2.24, 2.45) is 0 Å². The number of ketones is 1. The van der Waals surface area contributed by atoms with E-state index in [-0.39, 0.29) is 11.8 Å². The number of methoxy groups -OCH3 is 1. The number of hydrogen-bond donors (Lipinski definition) is 1. The van der Waals surface area contributed by atoms with E-state index in [2.05, 4.69) is 4.74 Å². The van der Waals surface area contributed by atoms with Gasteiger partial charge in [-0.3, -0.25) is 9.59 Å². The number of aliphatic hydroxyl groups is 1. The third-order valence-corrected chi connectivity index (χ3v) is 4.72. The largest absolute Gasteiger partial charge is 0.465 e. The molecule has 5 heteroatoms. The van der Waals surface area contributed by atoms with Gasteiger partial charge >= 0.3 is 5.97 Å². The zero-order valence-corrected chi connectivity index (χ0v) is 16.6. The Morgan fingerprint density at radius 3 is 2.07 bits per heavy atom. The van der Waals surface area contributed by atoms with Crippen LogP contribution in [-0.2, 0) is 22.4 Å². The van der Waals surface area contributed by atoms with Crippen molar-refractivity contribution >= 4 is 18.0 Å². The summed E-state index contributed by atoms with van der Waals surface area (Å²) in [4.78, 5) is 34.2. The summed E-state index contributed by atoms with van der Waals surface area (Å²) in [5, 5.41) is 8.86. The predicted molar refractivity (Wildman–Crippen MR) is 111 cm³/mol. The molecule has 2 rings (SSSR count). The third kappa shape index (κ3) is 7.12. The van der Waals surface area contributed by atoms with Crippen LogP contribution in [0.25, 0.3) is 0 Å². The van der Waals surface area contributed by atoms with Gasteiger partial charge in [-0.15, -0.1) is 0 Å². The Kier molecular flexibility index (Phi) is 8.99. The second-order valence-corrected chi connectivity index (χ2v) is 6.76. The highest BCUT2D eigenvalue weighted by Gasteiger charge is 2.05. The van der Waals surface area contributed by atoms with Crippen LogP contribution in [-0.4, -0.2) is 36.9 Å². The molecule has 2 aromatic carbocycles. The Hall–Kier alpha value is -3.05. The molecule has 0 aliphatic heterocycles. The summed E-state index contributed by atoms with van der Waals surface area (Å²) in [6.07, 6.45) is 6.80. The number of carbonyl (C=O) groups excluding carboxylic acids is 3. The highest BCUT2D eigenvalue weighted by molar-refractivity contribution is 5.96. The summed E-state index contributed by atoms with van der Waals surface area (Å²) < 4.78 is 4.68. The minimum atomic E-state index is -0.478. The molecule has 0 amide bonds. The molecule has 1 N–H and O–H groups in total. The number of aryl methyl sites for hydroxylation is 2. The van der Waals surface area contributed by atoms with E-state index in [9.17, 15) is 14.4 Å². The number of aliphatic hydroxyl groups excluding tert-OH is 1. The van der Waals surface area contributed by atoms with Crippen molar-refractivity contribution in [3.05, 3.63) is 82.4 Å². The van der Waals surface area contributed by atoms with Crippen molar-refractivity contribution in [3.8, 4) is 0 Å². The molecule has 0 radical (unpaired) electrons. The number of hydrogen-bond acceptors (Lipinski definition) is 5. The predicted octanol–water partition coefficient (Wildman–Crippen LogP) is 3.73. The van der Waals surface area contributed by atoms with Crippen LogP contribution in [0.2, 0.25) is 0 Å². The van der Waals surface area contributed by atoms with E-state index in [4.69, 9.17) is 5.11 Å². The van der Waals surface area contributed by atoms with Gasteiger partial charge in [0.1, 0.15) is 12.9 Å². The maximum Gasteiger partial charge on any atom is 0.337 e. The zero-order chi connectivity index (χ0) is 21.1. The van der Waals surface area contributed by atoms with Crippen LogP contribution in [0.1, 0.15) is 51.1 Å². The Labute approximate surface area is 171 Å². The monoisotopic (exact) mass is 394 g/mol. The van der Waals surface area contributed by atoms with Gasteiger partial charge in [0.05, 0.1) is 12.7 Å². The van der Waals surface area contributed by atoms with Gasteiger partial charge in [0, 0.05) is 5.56 Å². The quantitative estimate of drug-likeness (QED) is 0.206.